The Labute approximate surface area is 145 Å². The highest BCUT2D eigenvalue weighted by atomic mass is 16.6. The zero-order valence-electron chi connectivity index (χ0n) is 13.7. The third-order valence-corrected chi connectivity index (χ3v) is 4.08. The van der Waals surface area contributed by atoms with Gasteiger partial charge in [0.25, 0.3) is 11.6 Å². The smallest absolute Gasteiger partial charge is 0.270 e. The molecular weight excluding hydrogens is 322 g/mol. The number of hydrogen-bond acceptors (Lipinski definition) is 5. The molecule has 0 radical (unpaired) electrons. The number of anilines is 1. The Balaban J connectivity index is 1.58. The molecule has 0 atom stereocenters. The van der Waals surface area contributed by atoms with Gasteiger partial charge < -0.3 is 15.0 Å². The molecule has 1 aliphatic rings. The number of carbonyl (C=O) groups is 1. The van der Waals surface area contributed by atoms with E-state index in [1.165, 1.54) is 18.2 Å². The topological polar surface area (TPSA) is 84.7 Å². The SMILES string of the molecule is O=C(NCc1ccc(N2CCOCC2)cc1)c1cccc([N+](=O)[O-])c1. The Morgan fingerprint density at radius 1 is 1.16 bits per heavy atom. The zero-order chi connectivity index (χ0) is 17.6. The number of nitro benzene ring substituents is 1. The Morgan fingerprint density at radius 3 is 2.56 bits per heavy atom. The lowest BCUT2D eigenvalue weighted by Gasteiger charge is -2.28. The average molecular weight is 341 g/mol. The maximum atomic E-state index is 12.2. The van der Waals surface area contributed by atoms with Gasteiger partial charge in [-0.25, -0.2) is 0 Å². The summed E-state index contributed by atoms with van der Waals surface area (Å²) in [6, 6.07) is 13.7. The molecule has 0 unspecified atom stereocenters. The van der Waals surface area contributed by atoms with Crippen molar-refractivity contribution in [2.24, 2.45) is 0 Å². The molecule has 3 rings (SSSR count). The number of nitrogens with one attached hydrogen (secondary N) is 1. The first kappa shape index (κ1) is 16.9. The van der Waals surface area contributed by atoms with Crippen LogP contribution >= 0.6 is 0 Å². The van der Waals surface area contributed by atoms with E-state index in [9.17, 15) is 14.9 Å². The number of nitrogens with zero attached hydrogens (tertiary/aromatic N) is 2. The van der Waals surface area contributed by atoms with Gasteiger partial charge in [0.05, 0.1) is 18.1 Å². The molecule has 2 aromatic carbocycles. The van der Waals surface area contributed by atoms with Crippen LogP contribution in [0.1, 0.15) is 15.9 Å². The number of rotatable bonds is 5. The number of amides is 1. The van der Waals surface area contributed by atoms with Crippen LogP contribution in [0.2, 0.25) is 0 Å². The molecule has 7 heteroatoms. The van der Waals surface area contributed by atoms with Crippen molar-refractivity contribution in [1.29, 1.82) is 0 Å². The molecule has 0 spiro atoms. The van der Waals surface area contributed by atoms with Gasteiger partial charge >= 0.3 is 0 Å². The van der Waals surface area contributed by atoms with Crippen LogP contribution in [0.15, 0.2) is 48.5 Å². The van der Waals surface area contributed by atoms with Crippen LogP contribution in [0.5, 0.6) is 0 Å². The van der Waals surface area contributed by atoms with Gasteiger partial charge in [-0.3, -0.25) is 14.9 Å². The highest BCUT2D eigenvalue weighted by molar-refractivity contribution is 5.94. The monoisotopic (exact) mass is 341 g/mol. The summed E-state index contributed by atoms with van der Waals surface area (Å²) in [5.74, 6) is -0.332. The molecule has 0 aliphatic carbocycles. The average Bonchev–Trinajstić information content (AvgIpc) is 2.67. The van der Waals surface area contributed by atoms with Gasteiger partial charge in [-0.15, -0.1) is 0 Å². The van der Waals surface area contributed by atoms with Gasteiger partial charge in [-0.1, -0.05) is 18.2 Å². The first-order valence-electron chi connectivity index (χ1n) is 8.08. The number of non-ortho nitro benzene ring substituents is 1. The summed E-state index contributed by atoms with van der Waals surface area (Å²) in [5.41, 5.74) is 2.29. The summed E-state index contributed by atoms with van der Waals surface area (Å²) in [6.07, 6.45) is 0. The zero-order valence-corrected chi connectivity index (χ0v) is 13.7. The van der Waals surface area contributed by atoms with E-state index in [1.54, 1.807) is 6.07 Å². The molecule has 7 nitrogen and oxygen atoms in total. The summed E-state index contributed by atoms with van der Waals surface area (Å²) in [6.45, 7) is 3.60. The van der Waals surface area contributed by atoms with E-state index in [-0.39, 0.29) is 17.2 Å². The molecule has 2 aromatic rings. The summed E-state index contributed by atoms with van der Waals surface area (Å²) in [5, 5.41) is 13.6. The highest BCUT2D eigenvalue weighted by Gasteiger charge is 2.12. The lowest BCUT2D eigenvalue weighted by atomic mass is 10.1. The van der Waals surface area contributed by atoms with Crippen LogP contribution in [0.3, 0.4) is 0 Å². The minimum atomic E-state index is -0.513. The molecule has 1 saturated heterocycles. The second-order valence-corrected chi connectivity index (χ2v) is 5.76. The minimum Gasteiger partial charge on any atom is -0.378 e. The molecule has 1 N–H and O–H groups in total. The molecule has 0 saturated carbocycles. The Morgan fingerprint density at radius 2 is 1.88 bits per heavy atom. The van der Waals surface area contributed by atoms with Crippen molar-refractivity contribution in [2.45, 2.75) is 6.54 Å². The van der Waals surface area contributed by atoms with E-state index in [0.717, 1.165) is 37.6 Å². The predicted octanol–water partition coefficient (Wildman–Crippen LogP) is 2.36. The molecule has 0 aromatic heterocycles. The molecule has 0 bridgehead atoms. The fourth-order valence-corrected chi connectivity index (χ4v) is 2.69. The van der Waals surface area contributed by atoms with E-state index < -0.39 is 4.92 Å². The van der Waals surface area contributed by atoms with Crippen molar-refractivity contribution in [3.8, 4) is 0 Å². The van der Waals surface area contributed by atoms with E-state index in [0.29, 0.717) is 6.54 Å². The number of carbonyl (C=O) groups excluding carboxylic acids is 1. The molecule has 1 amide bonds. The summed E-state index contributed by atoms with van der Waals surface area (Å²) in [7, 11) is 0. The normalized spacial score (nSPS) is 14.2. The van der Waals surface area contributed by atoms with Gasteiger partial charge in [0.2, 0.25) is 0 Å². The van der Waals surface area contributed by atoms with Crippen LogP contribution in [-0.2, 0) is 11.3 Å². The van der Waals surface area contributed by atoms with Gasteiger partial charge in [0, 0.05) is 43.0 Å². The first-order chi connectivity index (χ1) is 12.1. The van der Waals surface area contributed by atoms with Gasteiger partial charge in [-0.05, 0) is 23.8 Å². The van der Waals surface area contributed by atoms with Crippen molar-refractivity contribution < 1.29 is 14.5 Å². The van der Waals surface area contributed by atoms with Gasteiger partial charge in [-0.2, -0.15) is 0 Å². The molecular formula is C18H19N3O4. The summed E-state index contributed by atoms with van der Waals surface area (Å²) in [4.78, 5) is 24.7. The van der Waals surface area contributed by atoms with E-state index in [4.69, 9.17) is 4.74 Å². The van der Waals surface area contributed by atoms with E-state index in [2.05, 4.69) is 10.2 Å². The summed E-state index contributed by atoms with van der Waals surface area (Å²) >= 11 is 0. The minimum absolute atomic E-state index is 0.0949. The number of benzene rings is 2. The Hall–Kier alpha value is -2.93. The van der Waals surface area contributed by atoms with Crippen molar-refractivity contribution in [3.05, 3.63) is 69.8 Å². The summed E-state index contributed by atoms with van der Waals surface area (Å²) < 4.78 is 5.34. The van der Waals surface area contributed by atoms with Crippen molar-refractivity contribution in [1.82, 2.24) is 5.32 Å². The van der Waals surface area contributed by atoms with Crippen LogP contribution in [-0.4, -0.2) is 37.1 Å². The Bertz CT molecular complexity index is 755. The molecule has 1 aliphatic heterocycles. The molecule has 25 heavy (non-hydrogen) atoms. The second-order valence-electron chi connectivity index (χ2n) is 5.76. The fourth-order valence-electron chi connectivity index (χ4n) is 2.69. The number of hydrogen-bond donors (Lipinski definition) is 1. The van der Waals surface area contributed by atoms with Crippen LogP contribution in [0.25, 0.3) is 0 Å². The maximum absolute atomic E-state index is 12.2. The van der Waals surface area contributed by atoms with Crippen LogP contribution < -0.4 is 10.2 Å². The third-order valence-electron chi connectivity index (χ3n) is 4.08. The fraction of sp³-hybridized carbons (Fsp3) is 0.278. The number of ether oxygens (including phenoxy) is 1. The molecule has 1 heterocycles. The maximum Gasteiger partial charge on any atom is 0.270 e. The van der Waals surface area contributed by atoms with E-state index >= 15 is 0 Å². The van der Waals surface area contributed by atoms with Gasteiger partial charge in [0.15, 0.2) is 0 Å². The lowest BCUT2D eigenvalue weighted by molar-refractivity contribution is -0.384. The number of nitro groups is 1. The molecule has 1 fully saturated rings. The largest absolute Gasteiger partial charge is 0.378 e. The highest BCUT2D eigenvalue weighted by Crippen LogP contribution is 2.17. The second kappa shape index (κ2) is 7.76. The third kappa shape index (κ3) is 4.33. The standard InChI is InChI=1S/C18H19N3O4/c22-18(15-2-1-3-17(12-15)21(23)24)19-13-14-4-6-16(7-5-14)20-8-10-25-11-9-20/h1-7,12H,8-11,13H2,(H,19,22). The first-order valence-corrected chi connectivity index (χ1v) is 8.08. The quantitative estimate of drug-likeness (QED) is 0.667. The number of morpholine rings is 1. The lowest BCUT2D eigenvalue weighted by Crippen LogP contribution is -2.36. The van der Waals surface area contributed by atoms with E-state index in [1.807, 2.05) is 24.3 Å². The van der Waals surface area contributed by atoms with Gasteiger partial charge in [0.1, 0.15) is 0 Å². The Kier molecular flexibility index (Phi) is 5.25. The van der Waals surface area contributed by atoms with Crippen molar-refractivity contribution in [3.63, 3.8) is 0 Å². The van der Waals surface area contributed by atoms with Crippen LogP contribution in [0.4, 0.5) is 11.4 Å². The van der Waals surface area contributed by atoms with Crippen LogP contribution in [0, 0.1) is 10.1 Å². The van der Waals surface area contributed by atoms with Crippen molar-refractivity contribution in [2.75, 3.05) is 31.2 Å². The van der Waals surface area contributed by atoms with Crippen molar-refractivity contribution >= 4 is 17.3 Å². The predicted molar refractivity (Wildman–Crippen MR) is 93.7 cm³/mol. The molecule has 130 valence electrons.